The van der Waals surface area contributed by atoms with E-state index in [9.17, 15) is 13.2 Å². The molecule has 1 saturated carbocycles. The maximum absolute atomic E-state index is 15.6. The van der Waals surface area contributed by atoms with E-state index >= 15 is 4.39 Å². The molecule has 0 bridgehead atoms. The molecule has 0 radical (unpaired) electrons. The summed E-state index contributed by atoms with van der Waals surface area (Å²) in [6.07, 6.45) is 6.61. The summed E-state index contributed by atoms with van der Waals surface area (Å²) in [5.41, 5.74) is 1.35. The van der Waals surface area contributed by atoms with Gasteiger partial charge in [0.1, 0.15) is 17.3 Å². The smallest absolute Gasteiger partial charge is 0.256 e. The largest absolute Gasteiger partial charge is 0.356 e. The fourth-order valence-corrected chi connectivity index (χ4v) is 5.74. The van der Waals surface area contributed by atoms with E-state index in [1.165, 1.54) is 12.1 Å². The molecular weight excluding hydrogens is 476 g/mol. The van der Waals surface area contributed by atoms with Crippen molar-refractivity contribution >= 4 is 11.0 Å². The van der Waals surface area contributed by atoms with Crippen molar-refractivity contribution in [1.82, 2.24) is 29.5 Å². The Morgan fingerprint density at radius 1 is 1.03 bits per heavy atom. The molecule has 2 aliphatic heterocycles. The van der Waals surface area contributed by atoms with Crippen molar-refractivity contribution in [3.8, 4) is 22.5 Å². The monoisotopic (exact) mass is 498 g/mol. The fourth-order valence-electron chi connectivity index (χ4n) is 5.74. The van der Waals surface area contributed by atoms with E-state index in [-0.39, 0.29) is 31.2 Å². The molecule has 1 spiro atoms. The number of fused-ring (bicyclic) bond motifs is 2. The number of aromatic nitrogens is 6. The summed E-state index contributed by atoms with van der Waals surface area (Å²) in [7, 11) is 0. The number of alkyl halides is 2. The Morgan fingerprint density at radius 2 is 1.89 bits per heavy atom. The van der Waals surface area contributed by atoms with Crippen molar-refractivity contribution < 1.29 is 22.3 Å². The SMILES string of the molecule is Fc1ccc(-c2nn3c(c2-c2c(F)cnc4c2cnn4C2CCCCO2)CCC2(C3)CC2(F)F)nc1. The molecule has 7 nitrogen and oxygen atoms in total. The third-order valence-electron chi connectivity index (χ3n) is 7.79. The van der Waals surface area contributed by atoms with E-state index in [0.29, 0.717) is 46.7 Å². The third kappa shape index (κ3) is 3.14. The van der Waals surface area contributed by atoms with Crippen LogP contribution in [0.4, 0.5) is 17.6 Å². The van der Waals surface area contributed by atoms with Gasteiger partial charge >= 0.3 is 0 Å². The maximum atomic E-state index is 15.6. The number of rotatable bonds is 3. The zero-order chi connectivity index (χ0) is 24.7. The highest BCUT2D eigenvalue weighted by atomic mass is 19.3. The number of hydrogen-bond donors (Lipinski definition) is 0. The van der Waals surface area contributed by atoms with E-state index in [1.807, 2.05) is 0 Å². The second-order valence-electron chi connectivity index (χ2n) is 9.98. The van der Waals surface area contributed by atoms with E-state index in [1.54, 1.807) is 15.6 Å². The number of nitrogens with zero attached hydrogens (tertiary/aromatic N) is 6. The van der Waals surface area contributed by atoms with E-state index in [4.69, 9.17) is 4.74 Å². The van der Waals surface area contributed by atoms with Gasteiger partial charge in [-0.05, 0) is 44.2 Å². The second kappa shape index (κ2) is 7.58. The first-order chi connectivity index (χ1) is 17.4. The molecule has 2 unspecified atom stereocenters. The van der Waals surface area contributed by atoms with Crippen molar-refractivity contribution in [3.63, 3.8) is 0 Å². The highest BCUT2D eigenvalue weighted by Crippen LogP contribution is 2.65. The predicted molar refractivity (Wildman–Crippen MR) is 121 cm³/mol. The Kier molecular flexibility index (Phi) is 4.61. The van der Waals surface area contributed by atoms with Crippen molar-refractivity contribution in [2.45, 2.75) is 57.2 Å². The molecule has 2 atom stereocenters. The zero-order valence-electron chi connectivity index (χ0n) is 19.2. The van der Waals surface area contributed by atoms with Crippen molar-refractivity contribution in [3.05, 3.63) is 48.1 Å². The van der Waals surface area contributed by atoms with Crippen LogP contribution in [0.1, 0.15) is 44.0 Å². The van der Waals surface area contributed by atoms with E-state index in [2.05, 4.69) is 20.2 Å². The number of halogens is 4. The quantitative estimate of drug-likeness (QED) is 0.358. The van der Waals surface area contributed by atoms with Gasteiger partial charge in [0.25, 0.3) is 5.92 Å². The number of pyridine rings is 2. The summed E-state index contributed by atoms with van der Waals surface area (Å²) < 4.78 is 66.8. The topological polar surface area (TPSA) is 70.7 Å². The molecule has 4 aromatic heterocycles. The normalized spacial score (nSPS) is 24.8. The zero-order valence-corrected chi connectivity index (χ0v) is 19.2. The lowest BCUT2D eigenvalue weighted by Crippen LogP contribution is -2.27. The van der Waals surface area contributed by atoms with Gasteiger partial charge in [-0.3, -0.25) is 9.67 Å². The minimum atomic E-state index is -2.73. The average molecular weight is 498 g/mol. The molecule has 4 aromatic rings. The molecule has 11 heteroatoms. The maximum Gasteiger partial charge on any atom is 0.256 e. The van der Waals surface area contributed by atoms with Gasteiger partial charge in [-0.25, -0.2) is 27.2 Å². The minimum Gasteiger partial charge on any atom is -0.356 e. The Morgan fingerprint density at radius 3 is 2.61 bits per heavy atom. The van der Waals surface area contributed by atoms with E-state index < -0.39 is 23.0 Å². The molecule has 36 heavy (non-hydrogen) atoms. The molecule has 1 saturated heterocycles. The third-order valence-corrected chi connectivity index (χ3v) is 7.79. The predicted octanol–water partition coefficient (Wildman–Crippen LogP) is 5.31. The van der Waals surface area contributed by atoms with Crippen LogP contribution in [-0.2, 0) is 17.7 Å². The Hall–Kier alpha value is -3.34. The van der Waals surface area contributed by atoms with Gasteiger partial charge in [0.05, 0.1) is 41.6 Å². The van der Waals surface area contributed by atoms with Gasteiger partial charge in [-0.2, -0.15) is 10.2 Å². The summed E-state index contributed by atoms with van der Waals surface area (Å²) in [5.74, 6) is -3.84. The van der Waals surface area contributed by atoms with Crippen LogP contribution in [0.5, 0.6) is 0 Å². The van der Waals surface area contributed by atoms with E-state index in [0.717, 1.165) is 31.7 Å². The highest BCUT2D eigenvalue weighted by Gasteiger charge is 2.71. The lowest BCUT2D eigenvalue weighted by atomic mass is 9.90. The molecule has 186 valence electrons. The first-order valence-corrected chi connectivity index (χ1v) is 12.1. The molecule has 7 rings (SSSR count). The Balaban J connectivity index is 1.44. The van der Waals surface area contributed by atoms with Gasteiger partial charge in [-0.15, -0.1) is 0 Å². The first kappa shape index (κ1) is 21.9. The van der Waals surface area contributed by atoms with Crippen LogP contribution in [0.25, 0.3) is 33.5 Å². The molecular formula is C25H22F4N6O. The average Bonchev–Trinajstić information content (AvgIpc) is 3.20. The summed E-state index contributed by atoms with van der Waals surface area (Å²) in [4.78, 5) is 8.49. The molecule has 0 aromatic carbocycles. The summed E-state index contributed by atoms with van der Waals surface area (Å²) in [6.45, 7) is 0.651. The number of hydrogen-bond acceptors (Lipinski definition) is 5. The Labute approximate surface area is 203 Å². The molecule has 0 amide bonds. The van der Waals surface area contributed by atoms with Gasteiger partial charge in [0.15, 0.2) is 11.9 Å². The van der Waals surface area contributed by atoms with Crippen LogP contribution in [0, 0.1) is 17.0 Å². The van der Waals surface area contributed by atoms with Crippen molar-refractivity contribution in [1.29, 1.82) is 0 Å². The fraction of sp³-hybridized carbons (Fsp3) is 0.440. The summed E-state index contributed by atoms with van der Waals surface area (Å²) in [6, 6.07) is 2.71. The van der Waals surface area contributed by atoms with Gasteiger partial charge in [0.2, 0.25) is 0 Å². The minimum absolute atomic E-state index is 0.0363. The Bertz CT molecular complexity index is 1490. The highest BCUT2D eigenvalue weighted by molar-refractivity contribution is 5.97. The van der Waals surface area contributed by atoms with Crippen LogP contribution < -0.4 is 0 Å². The number of ether oxygens (including phenoxy) is 1. The van der Waals surface area contributed by atoms with Gasteiger partial charge < -0.3 is 4.74 Å². The van der Waals surface area contributed by atoms with Crippen LogP contribution in [0.3, 0.4) is 0 Å². The summed E-state index contributed by atoms with van der Waals surface area (Å²) in [5, 5.41) is 9.58. The van der Waals surface area contributed by atoms with Crippen LogP contribution in [0.2, 0.25) is 0 Å². The van der Waals surface area contributed by atoms with Crippen LogP contribution in [-0.4, -0.2) is 42.1 Å². The molecule has 0 N–H and O–H groups in total. The van der Waals surface area contributed by atoms with Gasteiger partial charge in [0, 0.05) is 29.8 Å². The van der Waals surface area contributed by atoms with Crippen molar-refractivity contribution in [2.24, 2.45) is 5.41 Å². The molecule has 2 fully saturated rings. The molecule has 1 aliphatic carbocycles. The van der Waals surface area contributed by atoms with Crippen molar-refractivity contribution in [2.75, 3.05) is 6.61 Å². The second-order valence-corrected chi connectivity index (χ2v) is 9.98. The lowest BCUT2D eigenvalue weighted by molar-refractivity contribution is -0.0370. The van der Waals surface area contributed by atoms with Crippen LogP contribution in [0.15, 0.2) is 30.7 Å². The van der Waals surface area contributed by atoms with Crippen LogP contribution >= 0.6 is 0 Å². The molecule has 6 heterocycles. The lowest BCUT2D eigenvalue weighted by Gasteiger charge is -2.24. The summed E-state index contributed by atoms with van der Waals surface area (Å²) >= 11 is 0. The standard InChI is InChI=1S/C25H22F4N6O/c26-14-4-5-17(30-9-14)22-21(18-6-7-24(12-25(24,28)29)13-34(18)33-22)20-15-10-32-35(19-3-1-2-8-36-19)23(15)31-11-16(20)27/h4-5,9-11,19H,1-3,6-8,12-13H2. The van der Waals surface area contributed by atoms with Gasteiger partial charge in [-0.1, -0.05) is 0 Å². The molecule has 3 aliphatic rings. The first-order valence-electron chi connectivity index (χ1n) is 12.1.